The number of nitrogens with one attached hydrogen (secondary N) is 1. The maximum atomic E-state index is 11.8. The van der Waals surface area contributed by atoms with E-state index in [1.165, 1.54) is 9.75 Å². The number of aryl methyl sites for hydroxylation is 1. The average molecular weight is 362 g/mol. The minimum Gasteiger partial charge on any atom is -0.492 e. The molecule has 0 unspecified atom stereocenters. The molecule has 136 valence electrons. The number of thiophene rings is 1. The minimum absolute atomic E-state index is 0.400. The van der Waals surface area contributed by atoms with Gasteiger partial charge in [0.2, 0.25) is 0 Å². The molecule has 0 spiro atoms. The van der Waals surface area contributed by atoms with Crippen molar-refractivity contribution in [2.24, 2.45) is 0 Å². The smallest absolute Gasteiger partial charge is 0.411 e. The van der Waals surface area contributed by atoms with E-state index in [4.69, 9.17) is 9.47 Å². The SMILES string of the molecule is CCCOC(=O)Nc1ccc(N(C)Cc2ccc(C)s2)cc1OCC. The molecule has 0 saturated heterocycles. The van der Waals surface area contributed by atoms with Crippen molar-refractivity contribution < 1.29 is 14.3 Å². The molecular weight excluding hydrogens is 336 g/mol. The Kier molecular flexibility index (Phi) is 7.13. The van der Waals surface area contributed by atoms with Crippen LogP contribution in [-0.4, -0.2) is 26.4 Å². The molecule has 0 radical (unpaired) electrons. The van der Waals surface area contributed by atoms with E-state index < -0.39 is 6.09 Å². The molecule has 0 atom stereocenters. The lowest BCUT2D eigenvalue weighted by molar-refractivity contribution is 0.161. The summed E-state index contributed by atoms with van der Waals surface area (Å²) in [5, 5.41) is 2.75. The Morgan fingerprint density at radius 1 is 1.24 bits per heavy atom. The second-order valence-electron chi connectivity index (χ2n) is 5.74. The molecule has 0 saturated carbocycles. The van der Waals surface area contributed by atoms with Gasteiger partial charge in [-0.05, 0) is 44.5 Å². The van der Waals surface area contributed by atoms with Gasteiger partial charge in [0, 0.05) is 28.6 Å². The molecule has 0 fully saturated rings. The van der Waals surface area contributed by atoms with Crippen LogP contribution in [0.3, 0.4) is 0 Å². The van der Waals surface area contributed by atoms with Crippen molar-refractivity contribution in [2.75, 3.05) is 30.5 Å². The van der Waals surface area contributed by atoms with Gasteiger partial charge >= 0.3 is 6.09 Å². The summed E-state index contributed by atoms with van der Waals surface area (Å²) in [4.78, 5) is 16.6. The standard InChI is InChI=1S/C19H26N2O3S/c1-5-11-24-19(22)20-17-10-8-15(12-18(17)23-6-2)21(4)13-16-9-7-14(3)25-16/h7-10,12H,5-6,11,13H2,1-4H3,(H,20,22). The molecule has 1 amide bonds. The van der Waals surface area contributed by atoms with Gasteiger partial charge in [-0.25, -0.2) is 4.79 Å². The Labute approximate surface area is 153 Å². The molecule has 5 nitrogen and oxygen atoms in total. The number of hydrogen-bond acceptors (Lipinski definition) is 5. The quantitative estimate of drug-likeness (QED) is 0.714. The summed E-state index contributed by atoms with van der Waals surface area (Å²) >= 11 is 1.80. The lowest BCUT2D eigenvalue weighted by Gasteiger charge is -2.21. The molecule has 0 aliphatic heterocycles. The Hall–Kier alpha value is -2.21. The fraction of sp³-hybridized carbons (Fsp3) is 0.421. The predicted octanol–water partition coefficient (Wildman–Crippen LogP) is 5.05. The van der Waals surface area contributed by atoms with Crippen molar-refractivity contribution in [1.29, 1.82) is 0 Å². The van der Waals surface area contributed by atoms with Gasteiger partial charge in [-0.15, -0.1) is 11.3 Å². The van der Waals surface area contributed by atoms with E-state index in [2.05, 4.69) is 29.3 Å². The zero-order valence-corrected chi connectivity index (χ0v) is 16.1. The first-order valence-electron chi connectivity index (χ1n) is 8.50. The number of benzene rings is 1. The highest BCUT2D eigenvalue weighted by Crippen LogP contribution is 2.31. The molecule has 2 rings (SSSR count). The minimum atomic E-state index is -0.460. The third kappa shape index (κ3) is 5.67. The first-order chi connectivity index (χ1) is 12.0. The largest absolute Gasteiger partial charge is 0.492 e. The van der Waals surface area contributed by atoms with Crippen LogP contribution in [0.2, 0.25) is 0 Å². The molecular formula is C19H26N2O3S. The predicted molar refractivity (Wildman–Crippen MR) is 104 cm³/mol. The van der Waals surface area contributed by atoms with E-state index in [1.54, 1.807) is 11.3 Å². The number of hydrogen-bond donors (Lipinski definition) is 1. The van der Waals surface area contributed by atoms with Crippen LogP contribution in [0.5, 0.6) is 5.75 Å². The summed E-state index contributed by atoms with van der Waals surface area (Å²) in [5.74, 6) is 0.641. The maximum absolute atomic E-state index is 11.8. The molecule has 2 aromatic rings. The van der Waals surface area contributed by atoms with Gasteiger partial charge in [0.15, 0.2) is 0 Å². The number of anilines is 2. The van der Waals surface area contributed by atoms with Crippen molar-refractivity contribution in [3.8, 4) is 5.75 Å². The van der Waals surface area contributed by atoms with E-state index in [0.29, 0.717) is 24.7 Å². The lowest BCUT2D eigenvalue weighted by Crippen LogP contribution is -2.17. The van der Waals surface area contributed by atoms with Gasteiger partial charge in [-0.3, -0.25) is 5.32 Å². The first-order valence-corrected chi connectivity index (χ1v) is 9.32. The zero-order valence-electron chi connectivity index (χ0n) is 15.3. The molecule has 1 heterocycles. The number of nitrogens with zero attached hydrogens (tertiary/aromatic N) is 1. The fourth-order valence-corrected chi connectivity index (χ4v) is 3.31. The Bertz CT molecular complexity index is 700. The van der Waals surface area contributed by atoms with Crippen LogP contribution >= 0.6 is 11.3 Å². The van der Waals surface area contributed by atoms with Crippen LogP contribution in [0.15, 0.2) is 30.3 Å². The Balaban J connectivity index is 2.12. The maximum Gasteiger partial charge on any atom is 0.411 e. The van der Waals surface area contributed by atoms with Crippen molar-refractivity contribution in [3.63, 3.8) is 0 Å². The van der Waals surface area contributed by atoms with Gasteiger partial charge in [0.25, 0.3) is 0 Å². The van der Waals surface area contributed by atoms with Gasteiger partial charge in [0.05, 0.1) is 25.4 Å². The highest BCUT2D eigenvalue weighted by molar-refractivity contribution is 7.11. The highest BCUT2D eigenvalue weighted by Gasteiger charge is 2.12. The highest BCUT2D eigenvalue weighted by atomic mass is 32.1. The normalized spacial score (nSPS) is 10.4. The average Bonchev–Trinajstić information content (AvgIpc) is 2.99. The number of carbonyl (C=O) groups is 1. The van der Waals surface area contributed by atoms with Crippen molar-refractivity contribution in [2.45, 2.75) is 33.7 Å². The molecule has 0 bridgehead atoms. The third-order valence-corrected chi connectivity index (χ3v) is 4.55. The first kappa shape index (κ1) is 19.1. The van der Waals surface area contributed by atoms with Crippen LogP contribution in [-0.2, 0) is 11.3 Å². The number of ether oxygens (including phenoxy) is 2. The summed E-state index contributed by atoms with van der Waals surface area (Å²) in [7, 11) is 2.04. The van der Waals surface area contributed by atoms with Gasteiger partial charge < -0.3 is 14.4 Å². The van der Waals surface area contributed by atoms with Crippen LogP contribution < -0.4 is 15.0 Å². The van der Waals surface area contributed by atoms with Crippen molar-refractivity contribution in [3.05, 3.63) is 40.1 Å². The van der Waals surface area contributed by atoms with E-state index in [1.807, 2.05) is 39.1 Å². The van der Waals surface area contributed by atoms with Crippen molar-refractivity contribution in [1.82, 2.24) is 0 Å². The van der Waals surface area contributed by atoms with Crippen LogP contribution in [0.4, 0.5) is 16.2 Å². The van der Waals surface area contributed by atoms with Gasteiger partial charge in [-0.1, -0.05) is 6.92 Å². The van der Waals surface area contributed by atoms with Gasteiger partial charge in [-0.2, -0.15) is 0 Å². The molecule has 1 aromatic carbocycles. The van der Waals surface area contributed by atoms with E-state index in [-0.39, 0.29) is 0 Å². The topological polar surface area (TPSA) is 50.8 Å². The Morgan fingerprint density at radius 3 is 2.68 bits per heavy atom. The number of amides is 1. The van der Waals surface area contributed by atoms with Crippen LogP contribution in [0.1, 0.15) is 30.0 Å². The Morgan fingerprint density at radius 2 is 2.04 bits per heavy atom. The zero-order chi connectivity index (χ0) is 18.2. The van der Waals surface area contributed by atoms with Crippen molar-refractivity contribution >= 4 is 28.8 Å². The van der Waals surface area contributed by atoms with E-state index >= 15 is 0 Å². The molecule has 6 heteroatoms. The lowest BCUT2D eigenvalue weighted by atomic mass is 10.2. The third-order valence-electron chi connectivity index (χ3n) is 3.57. The van der Waals surface area contributed by atoms with Crippen LogP contribution in [0, 0.1) is 6.92 Å². The number of rotatable bonds is 8. The monoisotopic (exact) mass is 362 g/mol. The molecule has 0 aliphatic carbocycles. The fourth-order valence-electron chi connectivity index (χ4n) is 2.36. The van der Waals surface area contributed by atoms with Crippen LogP contribution in [0.25, 0.3) is 0 Å². The number of carbonyl (C=O) groups excluding carboxylic acids is 1. The summed E-state index contributed by atoms with van der Waals surface area (Å²) in [6.07, 6.45) is 0.329. The summed E-state index contributed by atoms with van der Waals surface area (Å²) in [6.45, 7) is 7.74. The summed E-state index contributed by atoms with van der Waals surface area (Å²) < 4.78 is 10.8. The summed E-state index contributed by atoms with van der Waals surface area (Å²) in [6, 6.07) is 10.1. The summed E-state index contributed by atoms with van der Waals surface area (Å²) in [5.41, 5.74) is 1.65. The van der Waals surface area contributed by atoms with E-state index in [9.17, 15) is 4.79 Å². The second-order valence-corrected chi connectivity index (χ2v) is 7.12. The molecule has 1 aromatic heterocycles. The second kappa shape index (κ2) is 9.32. The van der Waals surface area contributed by atoms with Gasteiger partial charge in [0.1, 0.15) is 5.75 Å². The molecule has 0 aliphatic rings. The molecule has 1 N–H and O–H groups in total. The van der Waals surface area contributed by atoms with E-state index in [0.717, 1.165) is 18.7 Å². The molecule has 25 heavy (non-hydrogen) atoms.